The molecule has 0 aliphatic carbocycles. The van der Waals surface area contributed by atoms with Crippen molar-refractivity contribution >= 4 is 32.8 Å². The first-order valence-corrected chi connectivity index (χ1v) is 8.96. The van der Waals surface area contributed by atoms with Crippen LogP contribution in [-0.2, 0) is 7.05 Å². The van der Waals surface area contributed by atoms with Crippen LogP contribution in [0.1, 0.15) is 20.8 Å². The summed E-state index contributed by atoms with van der Waals surface area (Å²) in [6.07, 6.45) is 3.54. The SMILES string of the molecule is [2H]C([2H])([2H])c1c[n+](C)c(-c2c(C)ccc3c2oc2ncc4ccccc4c23)cc1C. The number of rotatable bonds is 1. The molecular weight excluding hydrogens is 332 g/mol. The van der Waals surface area contributed by atoms with E-state index in [2.05, 4.69) is 23.2 Å². The highest BCUT2D eigenvalue weighted by Gasteiger charge is 2.22. The molecule has 5 aromatic rings. The van der Waals surface area contributed by atoms with Crippen LogP contribution in [0.25, 0.3) is 44.1 Å². The van der Waals surface area contributed by atoms with E-state index in [0.29, 0.717) is 11.3 Å². The van der Waals surface area contributed by atoms with Crippen LogP contribution in [0.2, 0.25) is 0 Å². The Bertz CT molecular complexity index is 1470. The zero-order valence-corrected chi connectivity index (χ0v) is 15.5. The van der Waals surface area contributed by atoms with Gasteiger partial charge in [-0.3, -0.25) is 0 Å². The highest BCUT2D eigenvalue weighted by molar-refractivity contribution is 6.19. The van der Waals surface area contributed by atoms with Crippen molar-refractivity contribution in [2.45, 2.75) is 20.7 Å². The first-order valence-electron chi connectivity index (χ1n) is 10.5. The molecule has 0 saturated heterocycles. The van der Waals surface area contributed by atoms with Gasteiger partial charge in [-0.05, 0) is 37.2 Å². The van der Waals surface area contributed by atoms with Crippen molar-refractivity contribution in [1.29, 1.82) is 0 Å². The van der Waals surface area contributed by atoms with E-state index >= 15 is 0 Å². The summed E-state index contributed by atoms with van der Waals surface area (Å²) in [5, 5.41) is 4.18. The van der Waals surface area contributed by atoms with Crippen LogP contribution >= 0.6 is 0 Å². The zero-order valence-electron chi connectivity index (χ0n) is 18.5. The Kier molecular flexibility index (Phi) is 2.73. The molecule has 3 heterocycles. The lowest BCUT2D eigenvalue weighted by Gasteiger charge is -2.07. The second-order valence-electron chi connectivity index (χ2n) is 7.13. The zero-order chi connectivity index (χ0) is 21.2. The summed E-state index contributed by atoms with van der Waals surface area (Å²) in [6, 6.07) is 14.3. The summed E-state index contributed by atoms with van der Waals surface area (Å²) in [7, 11) is 1.87. The Morgan fingerprint density at radius 2 is 1.85 bits per heavy atom. The molecule has 0 aliphatic rings. The van der Waals surface area contributed by atoms with Crippen LogP contribution in [0.5, 0.6) is 0 Å². The lowest BCUT2D eigenvalue weighted by molar-refractivity contribution is -0.660. The molecule has 0 amide bonds. The van der Waals surface area contributed by atoms with E-state index in [0.717, 1.165) is 49.5 Å². The minimum atomic E-state index is -2.15. The molecule has 0 spiro atoms. The molecule has 0 fully saturated rings. The average Bonchev–Trinajstić information content (AvgIpc) is 3.08. The van der Waals surface area contributed by atoms with Crippen molar-refractivity contribution in [3.05, 3.63) is 71.5 Å². The van der Waals surface area contributed by atoms with Crippen LogP contribution < -0.4 is 4.57 Å². The molecule has 27 heavy (non-hydrogen) atoms. The van der Waals surface area contributed by atoms with Gasteiger partial charge < -0.3 is 4.42 Å². The Hall–Kier alpha value is -3.20. The van der Waals surface area contributed by atoms with Crippen molar-refractivity contribution < 1.29 is 13.1 Å². The summed E-state index contributed by atoms with van der Waals surface area (Å²) < 4.78 is 31.6. The topological polar surface area (TPSA) is 29.9 Å². The molecule has 0 radical (unpaired) electrons. The molecule has 0 aliphatic heterocycles. The van der Waals surface area contributed by atoms with Gasteiger partial charge in [-0.2, -0.15) is 0 Å². The lowest BCUT2D eigenvalue weighted by atomic mass is 9.98. The van der Waals surface area contributed by atoms with Gasteiger partial charge in [0.1, 0.15) is 7.05 Å². The van der Waals surface area contributed by atoms with E-state index < -0.39 is 6.85 Å². The van der Waals surface area contributed by atoms with Crippen LogP contribution in [-0.4, -0.2) is 4.98 Å². The number of aryl methyl sites for hydroxylation is 4. The molecule has 0 unspecified atom stereocenters. The standard InChI is InChI=1S/C24H21N2O/c1-14-9-10-19-22-18-8-6-5-7-17(18)12-25-24(22)27-23(19)21(14)20-11-15(2)16(3)13-26(20)4/h5-13H,1-4H3/q+1/i3D3. The van der Waals surface area contributed by atoms with E-state index in [-0.39, 0.29) is 0 Å². The third-order valence-electron chi connectivity index (χ3n) is 5.34. The monoisotopic (exact) mass is 356 g/mol. The summed E-state index contributed by atoms with van der Waals surface area (Å²) in [5.74, 6) is 0. The van der Waals surface area contributed by atoms with Gasteiger partial charge in [-0.1, -0.05) is 36.4 Å². The van der Waals surface area contributed by atoms with Crippen molar-refractivity contribution in [2.24, 2.45) is 7.05 Å². The van der Waals surface area contributed by atoms with Crippen molar-refractivity contribution in [3.8, 4) is 11.3 Å². The summed E-state index contributed by atoms with van der Waals surface area (Å²) >= 11 is 0. The molecule has 0 N–H and O–H groups in total. The summed E-state index contributed by atoms with van der Waals surface area (Å²) in [5.41, 5.74) is 5.39. The first-order chi connectivity index (χ1) is 14.3. The maximum Gasteiger partial charge on any atom is 0.227 e. The molecule has 0 saturated carbocycles. The maximum atomic E-state index is 7.80. The van der Waals surface area contributed by atoms with Gasteiger partial charge in [-0.25, -0.2) is 9.55 Å². The molecular formula is C24H21N2O+. The molecule has 3 heteroatoms. The Balaban J connectivity index is 1.87. The van der Waals surface area contributed by atoms with E-state index in [1.807, 2.05) is 55.9 Å². The molecule has 3 nitrogen and oxygen atoms in total. The van der Waals surface area contributed by atoms with Gasteiger partial charge >= 0.3 is 0 Å². The van der Waals surface area contributed by atoms with Crippen molar-refractivity contribution in [1.82, 2.24) is 4.98 Å². The van der Waals surface area contributed by atoms with Gasteiger partial charge in [-0.15, -0.1) is 0 Å². The summed E-state index contributed by atoms with van der Waals surface area (Å²) in [4.78, 5) is 4.55. The number of nitrogens with zero attached hydrogens (tertiary/aromatic N) is 2. The second-order valence-corrected chi connectivity index (χ2v) is 7.13. The Morgan fingerprint density at radius 3 is 2.70 bits per heavy atom. The van der Waals surface area contributed by atoms with Crippen LogP contribution in [0.3, 0.4) is 0 Å². The maximum absolute atomic E-state index is 7.80. The minimum Gasteiger partial charge on any atom is -0.437 e. The van der Waals surface area contributed by atoms with Crippen LogP contribution in [0, 0.1) is 20.7 Å². The summed E-state index contributed by atoms with van der Waals surface area (Å²) in [6.45, 7) is 1.73. The Labute approximate surface area is 162 Å². The van der Waals surface area contributed by atoms with E-state index in [1.165, 1.54) is 0 Å². The van der Waals surface area contributed by atoms with Crippen molar-refractivity contribution in [3.63, 3.8) is 0 Å². The second kappa shape index (κ2) is 5.65. The first kappa shape index (κ1) is 13.0. The molecule has 2 aromatic carbocycles. The number of hydrogen-bond donors (Lipinski definition) is 0. The molecule has 132 valence electrons. The van der Waals surface area contributed by atoms with Gasteiger partial charge in [0, 0.05) is 32.7 Å². The lowest BCUT2D eigenvalue weighted by Crippen LogP contribution is -2.31. The van der Waals surface area contributed by atoms with E-state index in [9.17, 15) is 0 Å². The van der Waals surface area contributed by atoms with Crippen molar-refractivity contribution in [2.75, 3.05) is 0 Å². The van der Waals surface area contributed by atoms with Gasteiger partial charge in [0.15, 0.2) is 11.8 Å². The normalized spacial score (nSPS) is 13.8. The number of aromatic nitrogens is 2. The third kappa shape index (κ3) is 2.28. The third-order valence-corrected chi connectivity index (χ3v) is 5.34. The largest absolute Gasteiger partial charge is 0.437 e. The highest BCUT2D eigenvalue weighted by atomic mass is 16.3. The average molecular weight is 356 g/mol. The van der Waals surface area contributed by atoms with Gasteiger partial charge in [0.25, 0.3) is 0 Å². The van der Waals surface area contributed by atoms with E-state index in [1.54, 1.807) is 6.20 Å². The molecule has 3 aromatic heterocycles. The van der Waals surface area contributed by atoms with Gasteiger partial charge in [0.2, 0.25) is 11.4 Å². The van der Waals surface area contributed by atoms with Crippen LogP contribution in [0.4, 0.5) is 0 Å². The number of hydrogen-bond acceptors (Lipinski definition) is 2. The number of fused-ring (bicyclic) bond motifs is 5. The fraction of sp³-hybridized carbons (Fsp3) is 0.167. The number of furan rings is 1. The van der Waals surface area contributed by atoms with Crippen LogP contribution in [0.15, 0.2) is 59.3 Å². The fourth-order valence-electron chi connectivity index (χ4n) is 3.88. The highest BCUT2D eigenvalue weighted by Crippen LogP contribution is 2.39. The number of benzene rings is 2. The predicted molar refractivity (Wildman–Crippen MR) is 110 cm³/mol. The molecule has 5 rings (SSSR count). The number of pyridine rings is 2. The minimum absolute atomic E-state index is 0.357. The van der Waals surface area contributed by atoms with E-state index in [4.69, 9.17) is 8.53 Å². The van der Waals surface area contributed by atoms with Gasteiger partial charge in [0.05, 0.1) is 10.9 Å². The Morgan fingerprint density at radius 1 is 1.00 bits per heavy atom. The fourth-order valence-corrected chi connectivity index (χ4v) is 3.88. The molecule has 0 bridgehead atoms. The predicted octanol–water partition coefficient (Wildman–Crippen LogP) is 5.55. The molecule has 0 atom stereocenters. The quantitative estimate of drug-likeness (QED) is 0.369. The smallest absolute Gasteiger partial charge is 0.227 e.